The second kappa shape index (κ2) is 17.1. The van der Waals surface area contributed by atoms with Gasteiger partial charge in [-0.25, -0.2) is 4.79 Å². The van der Waals surface area contributed by atoms with Crippen molar-refractivity contribution < 1.29 is 14.6 Å². The number of hydrogen-bond acceptors (Lipinski definition) is 3. The summed E-state index contributed by atoms with van der Waals surface area (Å²) in [5.41, 5.74) is 0.208. The van der Waals surface area contributed by atoms with Crippen molar-refractivity contribution in [1.29, 1.82) is 0 Å². The maximum Gasteiger partial charge on any atom is 0.341 e. The molecule has 0 atom stereocenters. The summed E-state index contributed by atoms with van der Waals surface area (Å²) in [7, 11) is 0. The first kappa shape index (κ1) is 21.8. The van der Waals surface area contributed by atoms with Crippen molar-refractivity contribution in [3.63, 3.8) is 0 Å². The number of carbonyl (C=O) groups is 1. The Morgan fingerprint density at radius 2 is 1.35 bits per heavy atom. The Balaban J connectivity index is 3.23. The Hall–Kier alpha value is -1.25. The Kier molecular flexibility index (Phi) is 16.2. The van der Waals surface area contributed by atoms with Crippen LogP contribution in [0.4, 0.5) is 0 Å². The molecule has 1 N–H and O–H groups in total. The molecular formula is C20H36O3. The molecule has 0 fully saturated rings. The fourth-order valence-electron chi connectivity index (χ4n) is 2.43. The van der Waals surface area contributed by atoms with Crippen LogP contribution in [0.3, 0.4) is 0 Å². The number of esters is 1. The number of aliphatic hydroxyl groups is 1. The third-order valence-corrected chi connectivity index (χ3v) is 4.01. The van der Waals surface area contributed by atoms with E-state index in [9.17, 15) is 4.79 Å². The zero-order valence-electron chi connectivity index (χ0n) is 15.2. The molecule has 0 aromatic rings. The smallest absolute Gasteiger partial charge is 0.341 e. The number of carbonyl (C=O) groups excluding carboxylic acids is 1. The second-order valence-electron chi connectivity index (χ2n) is 6.27. The van der Waals surface area contributed by atoms with Crippen LogP contribution in [0.15, 0.2) is 24.2 Å². The minimum atomic E-state index is -0.501. The lowest BCUT2D eigenvalue weighted by atomic mass is 10.0. The van der Waals surface area contributed by atoms with Crippen LogP contribution in [0.2, 0.25) is 0 Å². The van der Waals surface area contributed by atoms with Gasteiger partial charge in [-0.3, -0.25) is 0 Å². The fraction of sp³-hybridized carbons (Fsp3) is 0.750. The molecule has 0 radical (unpaired) electrons. The normalized spacial score (nSPS) is 12.0. The first-order valence-corrected chi connectivity index (χ1v) is 9.39. The van der Waals surface area contributed by atoms with E-state index < -0.39 is 5.97 Å². The molecule has 0 aliphatic carbocycles. The molecule has 0 heterocycles. The fourth-order valence-corrected chi connectivity index (χ4v) is 2.43. The number of rotatable bonds is 15. The minimum Gasteiger partial charge on any atom is -0.515 e. The van der Waals surface area contributed by atoms with E-state index in [4.69, 9.17) is 9.84 Å². The van der Waals surface area contributed by atoms with Crippen LogP contribution in [0.1, 0.15) is 97.3 Å². The predicted octanol–water partition coefficient (Wildman–Crippen LogP) is 6.60. The Bertz CT molecular complexity index is 332. The Morgan fingerprint density at radius 1 is 0.870 bits per heavy atom. The number of hydrogen-bond donors (Lipinski definition) is 1. The summed E-state index contributed by atoms with van der Waals surface area (Å²) >= 11 is 0. The highest BCUT2D eigenvalue weighted by molar-refractivity contribution is 5.87. The second-order valence-corrected chi connectivity index (χ2v) is 6.27. The molecule has 0 aliphatic rings. The number of ether oxygens (including phenoxy) is 1. The summed E-state index contributed by atoms with van der Waals surface area (Å²) in [5.74, 6) is -0.501. The molecule has 0 spiro atoms. The van der Waals surface area contributed by atoms with E-state index >= 15 is 0 Å². The van der Waals surface area contributed by atoms with Gasteiger partial charge in [-0.1, -0.05) is 77.6 Å². The molecule has 0 amide bonds. The highest BCUT2D eigenvalue weighted by Crippen LogP contribution is 2.12. The summed E-state index contributed by atoms with van der Waals surface area (Å²) in [5, 5.41) is 8.64. The van der Waals surface area contributed by atoms with Crippen molar-refractivity contribution in [2.75, 3.05) is 0 Å². The molecule has 134 valence electrons. The lowest BCUT2D eigenvalue weighted by Crippen LogP contribution is -2.00. The van der Waals surface area contributed by atoms with Crippen molar-refractivity contribution in [2.24, 2.45) is 0 Å². The molecule has 0 rings (SSSR count). The van der Waals surface area contributed by atoms with Gasteiger partial charge in [0.2, 0.25) is 0 Å². The molecule has 3 heteroatoms. The van der Waals surface area contributed by atoms with Crippen LogP contribution in [0.5, 0.6) is 0 Å². The zero-order valence-corrected chi connectivity index (χ0v) is 15.2. The summed E-state index contributed by atoms with van der Waals surface area (Å²) in [4.78, 5) is 11.2. The van der Waals surface area contributed by atoms with E-state index in [2.05, 4.69) is 6.92 Å². The topological polar surface area (TPSA) is 46.5 Å². The highest BCUT2D eigenvalue weighted by atomic mass is 16.5. The van der Waals surface area contributed by atoms with Gasteiger partial charge >= 0.3 is 5.97 Å². The van der Waals surface area contributed by atoms with Gasteiger partial charge in [-0.05, 0) is 25.8 Å². The summed E-state index contributed by atoms with van der Waals surface area (Å²) in [6, 6.07) is 0. The van der Waals surface area contributed by atoms with Gasteiger partial charge in [0, 0.05) is 0 Å². The van der Waals surface area contributed by atoms with Gasteiger partial charge in [-0.2, -0.15) is 0 Å². The van der Waals surface area contributed by atoms with Gasteiger partial charge < -0.3 is 9.84 Å². The molecule has 0 aliphatic heterocycles. The van der Waals surface area contributed by atoms with Crippen molar-refractivity contribution in [3.8, 4) is 0 Å². The molecule has 23 heavy (non-hydrogen) atoms. The summed E-state index contributed by atoms with van der Waals surface area (Å²) in [6.45, 7) is 3.78. The van der Waals surface area contributed by atoms with Gasteiger partial charge in [-0.15, -0.1) is 0 Å². The first-order valence-electron chi connectivity index (χ1n) is 9.39. The predicted molar refractivity (Wildman–Crippen MR) is 97.3 cm³/mol. The molecule has 0 unspecified atom stereocenters. The minimum absolute atomic E-state index is 0.208. The van der Waals surface area contributed by atoms with Crippen LogP contribution in [-0.4, -0.2) is 11.1 Å². The maximum absolute atomic E-state index is 11.2. The number of aliphatic hydroxyl groups excluding tert-OH is 1. The van der Waals surface area contributed by atoms with Gasteiger partial charge in [0.25, 0.3) is 0 Å². The third kappa shape index (κ3) is 15.4. The summed E-state index contributed by atoms with van der Waals surface area (Å²) in [6.07, 6.45) is 21.1. The van der Waals surface area contributed by atoms with Crippen LogP contribution >= 0.6 is 0 Å². The zero-order chi connectivity index (χ0) is 17.2. The van der Waals surface area contributed by atoms with E-state index in [1.165, 1.54) is 83.8 Å². The van der Waals surface area contributed by atoms with E-state index in [0.29, 0.717) is 0 Å². The van der Waals surface area contributed by atoms with Crippen molar-refractivity contribution in [3.05, 3.63) is 24.2 Å². The molecule has 0 aromatic heterocycles. The Morgan fingerprint density at radius 3 is 1.83 bits per heavy atom. The van der Waals surface area contributed by atoms with Crippen molar-refractivity contribution in [2.45, 2.75) is 97.3 Å². The largest absolute Gasteiger partial charge is 0.515 e. The molecular weight excluding hydrogens is 288 g/mol. The van der Waals surface area contributed by atoms with Crippen molar-refractivity contribution >= 4 is 5.97 Å². The van der Waals surface area contributed by atoms with Crippen LogP contribution in [0, 0.1) is 0 Å². The third-order valence-electron chi connectivity index (χ3n) is 4.01. The molecule has 0 bridgehead atoms. The standard InChI is InChI=1S/C20H36O3/c1-3-4-5-6-7-8-9-10-11-12-13-14-15-16-17-23-20(22)19(2)18-21/h16-18,21H,3-15H2,1-2H3. The van der Waals surface area contributed by atoms with E-state index in [0.717, 1.165) is 19.1 Å². The number of allylic oxidation sites excluding steroid dienone is 1. The molecule has 0 aromatic carbocycles. The molecule has 0 saturated heterocycles. The molecule has 0 saturated carbocycles. The first-order chi connectivity index (χ1) is 11.2. The average Bonchev–Trinajstić information content (AvgIpc) is 2.57. The van der Waals surface area contributed by atoms with E-state index in [1.54, 1.807) is 0 Å². The van der Waals surface area contributed by atoms with E-state index in [-0.39, 0.29) is 5.57 Å². The monoisotopic (exact) mass is 324 g/mol. The van der Waals surface area contributed by atoms with Crippen LogP contribution in [0.25, 0.3) is 0 Å². The van der Waals surface area contributed by atoms with Crippen LogP contribution < -0.4 is 0 Å². The molecule has 3 nitrogen and oxygen atoms in total. The summed E-state index contributed by atoms with van der Waals surface area (Å²) < 4.78 is 4.85. The van der Waals surface area contributed by atoms with Gasteiger partial charge in [0.1, 0.15) is 0 Å². The van der Waals surface area contributed by atoms with Gasteiger partial charge in [0.15, 0.2) is 0 Å². The maximum atomic E-state index is 11.2. The Labute approximate surface area is 142 Å². The van der Waals surface area contributed by atoms with Crippen molar-refractivity contribution in [1.82, 2.24) is 0 Å². The quantitative estimate of drug-likeness (QED) is 0.160. The average molecular weight is 325 g/mol. The number of unbranched alkanes of at least 4 members (excludes halogenated alkanes) is 12. The highest BCUT2D eigenvalue weighted by Gasteiger charge is 2.02. The lowest BCUT2D eigenvalue weighted by Gasteiger charge is -2.02. The lowest BCUT2D eigenvalue weighted by molar-refractivity contribution is -0.133. The SMILES string of the molecule is CCCCCCCCCCCCCCC=COC(=O)C(C)=CO. The van der Waals surface area contributed by atoms with E-state index in [1.807, 2.05) is 6.08 Å². The van der Waals surface area contributed by atoms with Crippen LogP contribution in [-0.2, 0) is 9.53 Å². The van der Waals surface area contributed by atoms with Gasteiger partial charge in [0.05, 0.1) is 18.1 Å².